The molecule has 0 spiro atoms. The predicted octanol–water partition coefficient (Wildman–Crippen LogP) is 2.69. The van der Waals surface area contributed by atoms with E-state index in [0.29, 0.717) is 0 Å². The highest BCUT2D eigenvalue weighted by molar-refractivity contribution is 7.16. The van der Waals surface area contributed by atoms with Gasteiger partial charge >= 0.3 is 0 Å². The molecule has 2 aliphatic heterocycles. The molecule has 1 aromatic heterocycles. The van der Waals surface area contributed by atoms with Crippen LogP contribution in [0.5, 0.6) is 0 Å². The standard InChI is InChI=1S/C18H27N5S/c1-17(2)10-13-14(11-19)16(24-15(13)18(3,4)21-17)20-12-23-8-6-22(5)7-9-23/h12,21H,6-10H2,1-5H3. The van der Waals surface area contributed by atoms with Gasteiger partial charge in [-0.05, 0) is 46.7 Å². The Balaban J connectivity index is 1.91. The van der Waals surface area contributed by atoms with Crippen LogP contribution < -0.4 is 5.32 Å². The molecule has 0 unspecified atom stereocenters. The molecule has 0 aromatic carbocycles. The molecule has 0 atom stereocenters. The fourth-order valence-corrected chi connectivity index (χ4v) is 4.96. The molecule has 24 heavy (non-hydrogen) atoms. The molecule has 0 radical (unpaired) electrons. The average Bonchev–Trinajstić information content (AvgIpc) is 2.83. The Bertz CT molecular complexity index is 687. The summed E-state index contributed by atoms with van der Waals surface area (Å²) in [5.41, 5.74) is 1.81. The summed E-state index contributed by atoms with van der Waals surface area (Å²) in [5, 5.41) is 14.3. The largest absolute Gasteiger partial charge is 0.360 e. The zero-order chi connectivity index (χ0) is 17.5. The van der Waals surface area contributed by atoms with Crippen molar-refractivity contribution in [3.05, 3.63) is 16.0 Å². The first kappa shape index (κ1) is 17.4. The minimum absolute atomic E-state index is 0.0123. The maximum atomic E-state index is 9.72. The monoisotopic (exact) mass is 345 g/mol. The molecular weight excluding hydrogens is 318 g/mol. The van der Waals surface area contributed by atoms with Crippen LogP contribution in [-0.4, -0.2) is 54.9 Å². The predicted molar refractivity (Wildman–Crippen MR) is 100 cm³/mol. The Kier molecular flexibility index (Phi) is 4.45. The minimum Gasteiger partial charge on any atom is -0.360 e. The third-order valence-electron chi connectivity index (χ3n) is 4.81. The smallest absolute Gasteiger partial charge is 0.136 e. The van der Waals surface area contributed by atoms with Crippen LogP contribution in [0.25, 0.3) is 0 Å². The molecule has 5 nitrogen and oxygen atoms in total. The highest BCUT2D eigenvalue weighted by atomic mass is 32.1. The second-order valence-electron chi connectivity index (χ2n) is 8.10. The number of hydrogen-bond donors (Lipinski definition) is 1. The summed E-state index contributed by atoms with van der Waals surface area (Å²) >= 11 is 1.66. The molecule has 1 N–H and O–H groups in total. The van der Waals surface area contributed by atoms with Gasteiger partial charge < -0.3 is 15.1 Å². The second kappa shape index (κ2) is 6.14. The number of fused-ring (bicyclic) bond motifs is 1. The van der Waals surface area contributed by atoms with Gasteiger partial charge in [0.2, 0.25) is 0 Å². The topological polar surface area (TPSA) is 54.7 Å². The van der Waals surface area contributed by atoms with Crippen LogP contribution in [0.2, 0.25) is 0 Å². The molecule has 0 aliphatic carbocycles. The van der Waals surface area contributed by atoms with E-state index in [-0.39, 0.29) is 11.1 Å². The van der Waals surface area contributed by atoms with E-state index in [2.05, 4.69) is 55.9 Å². The van der Waals surface area contributed by atoms with Crippen LogP contribution in [-0.2, 0) is 12.0 Å². The SMILES string of the molecule is CN1CCN(C=Nc2sc3c(c2C#N)CC(C)(C)NC3(C)C)CC1. The van der Waals surface area contributed by atoms with Crippen LogP contribution in [0.3, 0.4) is 0 Å². The summed E-state index contributed by atoms with van der Waals surface area (Å²) in [4.78, 5) is 10.5. The van der Waals surface area contributed by atoms with Gasteiger partial charge in [-0.25, -0.2) is 4.99 Å². The molecule has 6 heteroatoms. The number of hydrogen-bond acceptors (Lipinski definition) is 5. The van der Waals surface area contributed by atoms with Gasteiger partial charge in [-0.1, -0.05) is 0 Å². The van der Waals surface area contributed by atoms with Gasteiger partial charge in [0, 0.05) is 42.1 Å². The quantitative estimate of drug-likeness (QED) is 0.661. The number of likely N-dealkylation sites (N-methyl/N-ethyl adjacent to an activating group) is 1. The maximum absolute atomic E-state index is 9.72. The third kappa shape index (κ3) is 3.34. The lowest BCUT2D eigenvalue weighted by Crippen LogP contribution is -2.54. The molecule has 1 aromatic rings. The molecule has 1 fully saturated rings. The minimum atomic E-state index is -0.130. The van der Waals surface area contributed by atoms with Gasteiger partial charge in [0.15, 0.2) is 0 Å². The molecule has 0 saturated carbocycles. The highest BCUT2D eigenvalue weighted by Crippen LogP contribution is 2.45. The van der Waals surface area contributed by atoms with Crippen LogP contribution in [0.15, 0.2) is 4.99 Å². The average molecular weight is 346 g/mol. The molecular formula is C18H27N5S. The van der Waals surface area contributed by atoms with E-state index >= 15 is 0 Å². The number of rotatable bonds is 2. The number of nitriles is 1. The lowest BCUT2D eigenvalue weighted by molar-refractivity contribution is 0.219. The van der Waals surface area contributed by atoms with E-state index in [4.69, 9.17) is 4.99 Å². The van der Waals surface area contributed by atoms with Crippen molar-refractivity contribution in [2.75, 3.05) is 33.2 Å². The number of nitrogens with one attached hydrogen (secondary N) is 1. The van der Waals surface area contributed by atoms with E-state index in [9.17, 15) is 5.26 Å². The van der Waals surface area contributed by atoms with Gasteiger partial charge in [0.25, 0.3) is 0 Å². The summed E-state index contributed by atoms with van der Waals surface area (Å²) in [5.74, 6) is 0. The fourth-order valence-electron chi connectivity index (χ4n) is 3.79. The van der Waals surface area contributed by atoms with Crippen molar-refractivity contribution in [1.29, 1.82) is 5.26 Å². The van der Waals surface area contributed by atoms with Gasteiger partial charge in [-0.2, -0.15) is 5.26 Å². The van der Waals surface area contributed by atoms with E-state index in [0.717, 1.165) is 43.2 Å². The Morgan fingerprint density at radius 2 is 1.88 bits per heavy atom. The normalized spacial score (nSPS) is 23.2. The van der Waals surface area contributed by atoms with Crippen LogP contribution >= 0.6 is 11.3 Å². The van der Waals surface area contributed by atoms with Gasteiger partial charge in [0.05, 0.1) is 11.9 Å². The first-order valence-electron chi connectivity index (χ1n) is 8.54. The van der Waals surface area contributed by atoms with Crippen molar-refractivity contribution >= 4 is 22.7 Å². The van der Waals surface area contributed by atoms with E-state index in [1.165, 1.54) is 10.4 Å². The molecule has 0 amide bonds. The van der Waals surface area contributed by atoms with Gasteiger partial charge in [-0.15, -0.1) is 11.3 Å². The molecule has 2 aliphatic rings. The summed E-state index contributed by atoms with van der Waals surface area (Å²) in [6.45, 7) is 12.9. The lowest BCUT2D eigenvalue weighted by atomic mass is 9.81. The van der Waals surface area contributed by atoms with Crippen LogP contribution in [0, 0.1) is 11.3 Å². The molecule has 1 saturated heterocycles. The van der Waals surface area contributed by atoms with Crippen molar-refractivity contribution < 1.29 is 0 Å². The Morgan fingerprint density at radius 1 is 1.21 bits per heavy atom. The molecule has 0 bridgehead atoms. The first-order valence-corrected chi connectivity index (χ1v) is 9.36. The summed E-state index contributed by atoms with van der Waals surface area (Å²) in [6, 6.07) is 2.42. The van der Waals surface area contributed by atoms with Gasteiger partial charge in [-0.3, -0.25) is 0 Å². The van der Waals surface area contributed by atoms with Crippen LogP contribution in [0.4, 0.5) is 5.00 Å². The molecule has 3 rings (SSSR count). The van der Waals surface area contributed by atoms with E-state index in [1.807, 2.05) is 6.34 Å². The van der Waals surface area contributed by atoms with Crippen molar-refractivity contribution in [2.45, 2.75) is 45.2 Å². The maximum Gasteiger partial charge on any atom is 0.136 e. The summed E-state index contributed by atoms with van der Waals surface area (Å²) < 4.78 is 0. The first-order chi connectivity index (χ1) is 11.2. The molecule has 130 valence electrons. The lowest BCUT2D eigenvalue weighted by Gasteiger charge is -2.42. The zero-order valence-corrected chi connectivity index (χ0v) is 16.1. The Hall–Kier alpha value is -1.42. The van der Waals surface area contributed by atoms with Crippen molar-refractivity contribution in [3.63, 3.8) is 0 Å². The Labute approximate surface area is 149 Å². The number of aliphatic imine (C=N–C) groups is 1. The third-order valence-corrected chi connectivity index (χ3v) is 6.28. The van der Waals surface area contributed by atoms with Crippen molar-refractivity contribution in [2.24, 2.45) is 4.99 Å². The van der Waals surface area contributed by atoms with Gasteiger partial charge in [0.1, 0.15) is 11.1 Å². The summed E-state index contributed by atoms with van der Waals surface area (Å²) in [6.07, 6.45) is 2.80. The number of thiophene rings is 1. The van der Waals surface area contributed by atoms with E-state index in [1.54, 1.807) is 11.3 Å². The van der Waals surface area contributed by atoms with Crippen molar-refractivity contribution in [3.8, 4) is 6.07 Å². The second-order valence-corrected chi connectivity index (χ2v) is 9.10. The van der Waals surface area contributed by atoms with E-state index < -0.39 is 0 Å². The fraction of sp³-hybridized carbons (Fsp3) is 0.667. The summed E-state index contributed by atoms with van der Waals surface area (Å²) in [7, 11) is 2.15. The van der Waals surface area contributed by atoms with Crippen LogP contribution in [0.1, 0.15) is 43.7 Å². The number of piperazine rings is 1. The zero-order valence-electron chi connectivity index (χ0n) is 15.3. The molecule has 3 heterocycles. The van der Waals surface area contributed by atoms with Crippen molar-refractivity contribution in [1.82, 2.24) is 15.1 Å². The highest BCUT2D eigenvalue weighted by Gasteiger charge is 2.40. The Morgan fingerprint density at radius 3 is 2.50 bits per heavy atom. The number of nitrogens with zero attached hydrogens (tertiary/aromatic N) is 4.